The van der Waals surface area contributed by atoms with Crippen LogP contribution in [0.25, 0.3) is 0 Å². The molecule has 0 heterocycles. The van der Waals surface area contributed by atoms with E-state index in [-0.39, 0.29) is 4.90 Å². The molecule has 4 nitrogen and oxygen atoms in total. The molecule has 1 atom stereocenters. The standard InChI is InChI=1S/C16H17Cl3N2O2S/c1-11(8-9-20)21(16-10-13(18)4-7-15(16)19)24(22,23)14-5-2-12(17)3-6-14/h2-7,10-11H,8-9,20H2,1H3/t11-/m1/s1. The Morgan fingerprint density at radius 1 is 1.04 bits per heavy atom. The Kier molecular flexibility index (Phi) is 6.39. The minimum absolute atomic E-state index is 0.117. The van der Waals surface area contributed by atoms with Crippen molar-refractivity contribution < 1.29 is 8.42 Å². The van der Waals surface area contributed by atoms with Crippen LogP contribution in [0.15, 0.2) is 47.4 Å². The van der Waals surface area contributed by atoms with Crippen molar-refractivity contribution in [3.8, 4) is 0 Å². The molecule has 2 rings (SSSR count). The highest BCUT2D eigenvalue weighted by molar-refractivity contribution is 7.92. The monoisotopic (exact) mass is 406 g/mol. The Labute approximate surface area is 157 Å². The predicted molar refractivity (Wildman–Crippen MR) is 101 cm³/mol. The molecule has 0 fully saturated rings. The van der Waals surface area contributed by atoms with Crippen LogP contribution in [-0.2, 0) is 10.0 Å². The summed E-state index contributed by atoms with van der Waals surface area (Å²) in [7, 11) is -3.86. The lowest BCUT2D eigenvalue weighted by Gasteiger charge is -2.31. The molecule has 0 unspecified atom stereocenters. The van der Waals surface area contributed by atoms with Gasteiger partial charge in [-0.25, -0.2) is 8.42 Å². The third-order valence-electron chi connectivity index (χ3n) is 3.50. The number of hydrogen-bond acceptors (Lipinski definition) is 3. The van der Waals surface area contributed by atoms with Crippen molar-refractivity contribution >= 4 is 50.5 Å². The van der Waals surface area contributed by atoms with Crippen LogP contribution in [0.1, 0.15) is 13.3 Å². The summed E-state index contributed by atoms with van der Waals surface area (Å²) in [5.74, 6) is 0. The van der Waals surface area contributed by atoms with Crippen LogP contribution >= 0.6 is 34.8 Å². The summed E-state index contributed by atoms with van der Waals surface area (Å²) in [5.41, 5.74) is 5.94. The summed E-state index contributed by atoms with van der Waals surface area (Å²) < 4.78 is 27.6. The smallest absolute Gasteiger partial charge is 0.264 e. The van der Waals surface area contributed by atoms with Gasteiger partial charge in [0.05, 0.1) is 15.6 Å². The molecule has 130 valence electrons. The lowest BCUT2D eigenvalue weighted by molar-refractivity contribution is 0.573. The molecule has 0 bridgehead atoms. The summed E-state index contributed by atoms with van der Waals surface area (Å²) in [4.78, 5) is 0.117. The van der Waals surface area contributed by atoms with E-state index in [0.717, 1.165) is 0 Å². The van der Waals surface area contributed by atoms with Gasteiger partial charge in [0.1, 0.15) is 0 Å². The van der Waals surface area contributed by atoms with Gasteiger partial charge in [-0.1, -0.05) is 34.8 Å². The average Bonchev–Trinajstić information content (AvgIpc) is 2.51. The molecule has 24 heavy (non-hydrogen) atoms. The fraction of sp³-hybridized carbons (Fsp3) is 0.250. The summed E-state index contributed by atoms with van der Waals surface area (Å²) in [5, 5.41) is 1.14. The van der Waals surface area contributed by atoms with E-state index in [4.69, 9.17) is 40.5 Å². The van der Waals surface area contributed by atoms with Gasteiger partial charge in [0.2, 0.25) is 0 Å². The Balaban J connectivity index is 2.61. The van der Waals surface area contributed by atoms with Crippen LogP contribution in [0, 0.1) is 0 Å². The lowest BCUT2D eigenvalue weighted by Crippen LogP contribution is -2.40. The van der Waals surface area contributed by atoms with Crippen LogP contribution in [0.3, 0.4) is 0 Å². The van der Waals surface area contributed by atoms with Crippen molar-refractivity contribution in [2.24, 2.45) is 5.73 Å². The van der Waals surface area contributed by atoms with Crippen molar-refractivity contribution in [2.45, 2.75) is 24.3 Å². The van der Waals surface area contributed by atoms with Crippen LogP contribution < -0.4 is 10.0 Å². The van der Waals surface area contributed by atoms with Gasteiger partial charge in [0.25, 0.3) is 10.0 Å². The van der Waals surface area contributed by atoms with Gasteiger partial charge < -0.3 is 5.73 Å². The highest BCUT2D eigenvalue weighted by Gasteiger charge is 2.30. The normalized spacial score (nSPS) is 12.9. The van der Waals surface area contributed by atoms with Gasteiger partial charge in [-0.3, -0.25) is 4.31 Å². The van der Waals surface area contributed by atoms with Gasteiger partial charge >= 0.3 is 0 Å². The van der Waals surface area contributed by atoms with Crippen LogP contribution in [-0.4, -0.2) is 21.0 Å². The van der Waals surface area contributed by atoms with Crippen molar-refractivity contribution in [2.75, 3.05) is 10.8 Å². The number of hydrogen-bond donors (Lipinski definition) is 1. The largest absolute Gasteiger partial charge is 0.330 e. The Bertz CT molecular complexity index is 811. The van der Waals surface area contributed by atoms with E-state index in [1.54, 1.807) is 19.1 Å². The molecular formula is C16H17Cl3N2O2S. The number of halogens is 3. The minimum Gasteiger partial charge on any atom is -0.330 e. The van der Waals surface area contributed by atoms with Crippen LogP contribution in [0.2, 0.25) is 15.1 Å². The second-order valence-corrected chi connectivity index (χ2v) is 8.37. The first-order valence-electron chi connectivity index (χ1n) is 7.22. The second kappa shape index (κ2) is 7.93. The van der Waals surface area contributed by atoms with Crippen LogP contribution in [0.4, 0.5) is 5.69 Å². The second-order valence-electron chi connectivity index (χ2n) is 5.28. The molecular weight excluding hydrogens is 391 g/mol. The predicted octanol–water partition coefficient (Wildman–Crippen LogP) is 4.58. The lowest BCUT2D eigenvalue weighted by atomic mass is 10.2. The van der Waals surface area contributed by atoms with E-state index >= 15 is 0 Å². The maximum Gasteiger partial charge on any atom is 0.264 e. The fourth-order valence-corrected chi connectivity index (χ4v) is 4.58. The molecule has 0 aliphatic rings. The molecule has 0 saturated carbocycles. The Morgan fingerprint density at radius 3 is 2.21 bits per heavy atom. The number of nitrogens with zero attached hydrogens (tertiary/aromatic N) is 1. The number of sulfonamides is 1. The first-order chi connectivity index (χ1) is 11.3. The molecule has 0 amide bonds. The molecule has 0 aromatic heterocycles. The SMILES string of the molecule is C[C@H](CCN)N(c1cc(Cl)ccc1Cl)S(=O)(=O)c1ccc(Cl)cc1. The van der Waals surface area contributed by atoms with E-state index in [0.29, 0.717) is 33.7 Å². The molecule has 0 spiro atoms. The minimum atomic E-state index is -3.86. The zero-order valence-electron chi connectivity index (χ0n) is 12.9. The van der Waals surface area contributed by atoms with Crippen molar-refractivity contribution in [1.29, 1.82) is 0 Å². The molecule has 0 saturated heterocycles. The third-order valence-corrected chi connectivity index (χ3v) is 6.25. The first kappa shape index (κ1) is 19.3. The Hall–Kier alpha value is -0.980. The highest BCUT2D eigenvalue weighted by atomic mass is 35.5. The van der Waals surface area contributed by atoms with Gasteiger partial charge in [0.15, 0.2) is 0 Å². The topological polar surface area (TPSA) is 63.4 Å². The van der Waals surface area contributed by atoms with Gasteiger partial charge in [-0.2, -0.15) is 0 Å². The molecule has 2 aromatic carbocycles. The van der Waals surface area contributed by atoms with Gasteiger partial charge in [-0.15, -0.1) is 0 Å². The number of benzene rings is 2. The van der Waals surface area contributed by atoms with Crippen molar-refractivity contribution in [3.05, 3.63) is 57.5 Å². The maximum absolute atomic E-state index is 13.2. The van der Waals surface area contributed by atoms with Gasteiger partial charge in [0, 0.05) is 16.1 Å². The number of nitrogens with two attached hydrogens (primary N) is 1. The zero-order chi connectivity index (χ0) is 17.9. The highest BCUT2D eigenvalue weighted by Crippen LogP contribution is 2.35. The molecule has 0 aliphatic carbocycles. The summed E-state index contributed by atoms with van der Waals surface area (Å²) in [6.07, 6.45) is 0.468. The summed E-state index contributed by atoms with van der Waals surface area (Å²) >= 11 is 18.1. The van der Waals surface area contributed by atoms with E-state index in [1.165, 1.54) is 34.6 Å². The Morgan fingerprint density at radius 2 is 1.62 bits per heavy atom. The van der Waals surface area contributed by atoms with Crippen molar-refractivity contribution in [3.63, 3.8) is 0 Å². The first-order valence-corrected chi connectivity index (χ1v) is 9.80. The number of rotatable bonds is 6. The summed E-state index contributed by atoms with van der Waals surface area (Å²) in [6, 6.07) is 10.3. The van der Waals surface area contributed by atoms with E-state index in [9.17, 15) is 8.42 Å². The number of anilines is 1. The van der Waals surface area contributed by atoms with E-state index in [2.05, 4.69) is 0 Å². The van der Waals surface area contributed by atoms with E-state index in [1.807, 2.05) is 0 Å². The molecule has 0 aliphatic heterocycles. The molecule has 8 heteroatoms. The molecule has 2 N–H and O–H groups in total. The van der Waals surface area contributed by atoms with Crippen LogP contribution in [0.5, 0.6) is 0 Å². The van der Waals surface area contributed by atoms with Gasteiger partial charge in [-0.05, 0) is 62.4 Å². The average molecular weight is 408 g/mol. The third kappa shape index (κ3) is 4.16. The van der Waals surface area contributed by atoms with E-state index < -0.39 is 16.1 Å². The zero-order valence-corrected chi connectivity index (χ0v) is 16.0. The van der Waals surface area contributed by atoms with Crippen molar-refractivity contribution in [1.82, 2.24) is 0 Å². The fourth-order valence-electron chi connectivity index (χ4n) is 2.34. The molecule has 2 aromatic rings. The quantitative estimate of drug-likeness (QED) is 0.762. The maximum atomic E-state index is 13.2. The summed E-state index contributed by atoms with van der Waals surface area (Å²) in [6.45, 7) is 2.11. The molecule has 0 radical (unpaired) electrons.